The molecule has 2 fully saturated rings. The molecule has 8 nitrogen and oxygen atoms in total. The highest BCUT2D eigenvalue weighted by Crippen LogP contribution is 2.35. The predicted molar refractivity (Wildman–Crippen MR) is 113 cm³/mol. The van der Waals surface area contributed by atoms with E-state index in [4.69, 9.17) is 5.11 Å². The smallest absolute Gasteiger partial charge is 0.326 e. The van der Waals surface area contributed by atoms with E-state index < -0.39 is 17.5 Å². The Labute approximate surface area is 181 Å². The molecule has 0 bridgehead atoms. The summed E-state index contributed by atoms with van der Waals surface area (Å²) in [6, 6.07) is 17.6. The Morgan fingerprint density at radius 3 is 2.03 bits per heavy atom. The summed E-state index contributed by atoms with van der Waals surface area (Å²) in [4.78, 5) is 43.4. The Balaban J connectivity index is 1.56. The number of carbonyl (C=O) groups excluding carboxylic acids is 3. The van der Waals surface area contributed by atoms with Crippen molar-refractivity contribution in [2.75, 3.05) is 45.9 Å². The number of hydrogen-bond donors (Lipinski definition) is 3. The first-order valence-corrected chi connectivity index (χ1v) is 10.5. The molecule has 0 atom stereocenters. The molecule has 0 aromatic heterocycles. The first kappa shape index (κ1) is 21.0. The Morgan fingerprint density at radius 1 is 0.968 bits per heavy atom. The minimum atomic E-state index is -1.36. The summed E-state index contributed by atoms with van der Waals surface area (Å²) >= 11 is 0. The maximum absolute atomic E-state index is 13.6. The summed E-state index contributed by atoms with van der Waals surface area (Å²) in [6.07, 6.45) is 0. The van der Waals surface area contributed by atoms with Crippen LogP contribution >= 0.6 is 0 Å². The zero-order valence-electron chi connectivity index (χ0n) is 17.3. The lowest BCUT2D eigenvalue weighted by Crippen LogP contribution is -3.15. The Hall–Kier alpha value is -3.23. The molecule has 0 spiro atoms. The standard InChI is InChI=1S/C23H26N4O4/c28-16-15-25-11-13-26(14-12-25)20(29)17-27-21(30)23(24-22(27)31,18-7-3-1-4-8-18)19-9-5-2-6-10-19/h1-10,28H,11-17H2,(H,24,31)/p+1. The summed E-state index contributed by atoms with van der Waals surface area (Å²) in [7, 11) is 0. The zero-order valence-corrected chi connectivity index (χ0v) is 17.3. The second kappa shape index (κ2) is 8.87. The Morgan fingerprint density at radius 2 is 1.52 bits per heavy atom. The number of rotatable bonds is 6. The van der Waals surface area contributed by atoms with Crippen molar-refractivity contribution in [1.29, 1.82) is 0 Å². The number of amides is 4. The third-order valence-corrected chi connectivity index (χ3v) is 6.10. The maximum atomic E-state index is 13.6. The fourth-order valence-electron chi connectivity index (χ4n) is 4.37. The number of quaternary nitrogens is 1. The number of piperazine rings is 1. The van der Waals surface area contributed by atoms with Crippen LogP contribution in [0.1, 0.15) is 11.1 Å². The van der Waals surface area contributed by atoms with Gasteiger partial charge in [-0.3, -0.25) is 14.5 Å². The monoisotopic (exact) mass is 423 g/mol. The second-order valence-electron chi connectivity index (χ2n) is 7.91. The highest BCUT2D eigenvalue weighted by atomic mass is 16.3. The van der Waals surface area contributed by atoms with Crippen LogP contribution in [-0.4, -0.2) is 78.6 Å². The first-order valence-electron chi connectivity index (χ1n) is 10.5. The number of hydrogen-bond acceptors (Lipinski definition) is 4. The van der Waals surface area contributed by atoms with E-state index in [-0.39, 0.29) is 19.1 Å². The molecule has 0 aliphatic carbocycles. The summed E-state index contributed by atoms with van der Waals surface area (Å²) in [5.41, 5.74) is -0.0597. The van der Waals surface area contributed by atoms with E-state index in [0.717, 1.165) is 18.0 Å². The largest absolute Gasteiger partial charge is 0.391 e. The number of urea groups is 1. The van der Waals surface area contributed by atoms with Gasteiger partial charge in [0.1, 0.15) is 13.1 Å². The molecule has 8 heteroatoms. The highest BCUT2D eigenvalue weighted by molar-refractivity contribution is 6.11. The van der Waals surface area contributed by atoms with Gasteiger partial charge in [-0.15, -0.1) is 0 Å². The van der Waals surface area contributed by atoms with Crippen LogP contribution in [0.5, 0.6) is 0 Å². The molecule has 2 aliphatic heterocycles. The number of aliphatic hydroxyl groups excluding tert-OH is 1. The zero-order chi connectivity index (χ0) is 21.8. The van der Waals surface area contributed by atoms with E-state index in [0.29, 0.717) is 30.8 Å². The van der Waals surface area contributed by atoms with Crippen LogP contribution in [0.3, 0.4) is 0 Å². The van der Waals surface area contributed by atoms with E-state index >= 15 is 0 Å². The topological polar surface area (TPSA) is 94.4 Å². The van der Waals surface area contributed by atoms with Crippen molar-refractivity contribution in [1.82, 2.24) is 15.1 Å². The van der Waals surface area contributed by atoms with Crippen LogP contribution in [0.25, 0.3) is 0 Å². The van der Waals surface area contributed by atoms with Crippen molar-refractivity contribution >= 4 is 17.8 Å². The van der Waals surface area contributed by atoms with Gasteiger partial charge in [0.15, 0.2) is 5.54 Å². The van der Waals surface area contributed by atoms with E-state index in [9.17, 15) is 14.4 Å². The average Bonchev–Trinajstić information content (AvgIpc) is 3.06. The number of aliphatic hydroxyl groups is 1. The fraction of sp³-hybridized carbons (Fsp3) is 0.348. The van der Waals surface area contributed by atoms with Crippen LogP contribution in [0.4, 0.5) is 4.79 Å². The third-order valence-electron chi connectivity index (χ3n) is 6.10. The van der Waals surface area contributed by atoms with Gasteiger partial charge in [-0.2, -0.15) is 0 Å². The second-order valence-corrected chi connectivity index (χ2v) is 7.91. The molecule has 0 saturated carbocycles. The lowest BCUT2D eigenvalue weighted by Gasteiger charge is -2.32. The lowest BCUT2D eigenvalue weighted by atomic mass is 9.82. The van der Waals surface area contributed by atoms with Gasteiger partial charge >= 0.3 is 6.03 Å². The van der Waals surface area contributed by atoms with Crippen LogP contribution in [0.2, 0.25) is 0 Å². The summed E-state index contributed by atoms with van der Waals surface area (Å²) < 4.78 is 0. The fourth-order valence-corrected chi connectivity index (χ4v) is 4.37. The van der Waals surface area contributed by atoms with Crippen LogP contribution < -0.4 is 10.2 Å². The number of benzene rings is 2. The van der Waals surface area contributed by atoms with Gasteiger partial charge in [0.2, 0.25) is 5.91 Å². The molecular weight excluding hydrogens is 396 g/mol. The van der Waals surface area contributed by atoms with Crippen molar-refractivity contribution < 1.29 is 24.4 Å². The van der Waals surface area contributed by atoms with Crippen molar-refractivity contribution in [3.63, 3.8) is 0 Å². The number of nitrogens with one attached hydrogen (secondary N) is 2. The van der Waals surface area contributed by atoms with Crippen molar-refractivity contribution in [3.05, 3.63) is 71.8 Å². The van der Waals surface area contributed by atoms with E-state index in [2.05, 4.69) is 5.32 Å². The molecule has 2 aliphatic rings. The third kappa shape index (κ3) is 3.92. The number of carbonyl (C=O) groups is 3. The van der Waals surface area contributed by atoms with E-state index in [1.165, 1.54) is 4.90 Å². The van der Waals surface area contributed by atoms with Gasteiger partial charge in [-0.05, 0) is 11.1 Å². The minimum Gasteiger partial charge on any atom is -0.391 e. The van der Waals surface area contributed by atoms with Crippen LogP contribution in [-0.2, 0) is 15.1 Å². The van der Waals surface area contributed by atoms with Crippen LogP contribution in [0.15, 0.2) is 60.7 Å². The predicted octanol–water partition coefficient (Wildman–Crippen LogP) is -0.799. The molecular formula is C23H27N4O4+. The van der Waals surface area contributed by atoms with Crippen molar-refractivity contribution in [2.24, 2.45) is 0 Å². The maximum Gasteiger partial charge on any atom is 0.326 e. The molecule has 0 radical (unpaired) electrons. The molecule has 4 rings (SSSR count). The Bertz CT molecular complexity index is 903. The van der Waals surface area contributed by atoms with Gasteiger partial charge in [0, 0.05) is 0 Å². The number of imide groups is 1. The number of nitrogens with zero attached hydrogens (tertiary/aromatic N) is 2. The summed E-state index contributed by atoms with van der Waals surface area (Å²) in [5, 5.41) is 12.0. The molecule has 3 N–H and O–H groups in total. The summed E-state index contributed by atoms with van der Waals surface area (Å²) in [5.74, 6) is -0.698. The van der Waals surface area contributed by atoms with Gasteiger partial charge in [0.05, 0.1) is 32.8 Å². The van der Waals surface area contributed by atoms with Crippen molar-refractivity contribution in [2.45, 2.75) is 5.54 Å². The molecule has 162 valence electrons. The SMILES string of the molecule is O=C(CN1C(=O)NC(c2ccccc2)(c2ccccc2)C1=O)N1CC[NH+](CCO)CC1. The highest BCUT2D eigenvalue weighted by Gasteiger charge is 2.54. The lowest BCUT2D eigenvalue weighted by molar-refractivity contribution is -0.904. The van der Waals surface area contributed by atoms with Crippen LogP contribution in [0, 0.1) is 0 Å². The molecule has 4 amide bonds. The molecule has 0 unspecified atom stereocenters. The molecule has 31 heavy (non-hydrogen) atoms. The van der Waals surface area contributed by atoms with Gasteiger partial charge in [-0.25, -0.2) is 4.79 Å². The molecule has 2 saturated heterocycles. The average molecular weight is 423 g/mol. The van der Waals surface area contributed by atoms with Crippen molar-refractivity contribution in [3.8, 4) is 0 Å². The molecule has 2 heterocycles. The molecule has 2 aromatic rings. The van der Waals surface area contributed by atoms with Gasteiger partial charge < -0.3 is 20.2 Å². The molecule has 2 aromatic carbocycles. The van der Waals surface area contributed by atoms with E-state index in [1.54, 1.807) is 29.2 Å². The Kier molecular flexibility index (Phi) is 6.01. The van der Waals surface area contributed by atoms with Gasteiger partial charge in [0.25, 0.3) is 5.91 Å². The normalized spacial score (nSPS) is 18.9. The van der Waals surface area contributed by atoms with Gasteiger partial charge in [-0.1, -0.05) is 60.7 Å². The first-order chi connectivity index (χ1) is 15.1. The quantitative estimate of drug-likeness (QED) is 0.531. The summed E-state index contributed by atoms with van der Waals surface area (Å²) in [6.45, 7) is 3.05. The minimum absolute atomic E-state index is 0.118. The van der Waals surface area contributed by atoms with E-state index in [1.807, 2.05) is 36.4 Å².